The summed E-state index contributed by atoms with van der Waals surface area (Å²) in [6.45, 7) is 0.893. The predicted octanol–water partition coefficient (Wildman–Crippen LogP) is 0.718. The Morgan fingerprint density at radius 2 is 2.33 bits per heavy atom. The highest BCUT2D eigenvalue weighted by Crippen LogP contribution is 2.54. The quantitative estimate of drug-likeness (QED) is 0.729. The molecule has 4 heteroatoms. The summed E-state index contributed by atoms with van der Waals surface area (Å²) in [5.74, 6) is 1.04. The van der Waals surface area contributed by atoms with Crippen molar-refractivity contribution in [1.29, 1.82) is 0 Å². The molecule has 1 N–H and O–H groups in total. The Bertz CT molecular complexity index is 328. The first-order valence-electron chi connectivity index (χ1n) is 5.68. The van der Waals surface area contributed by atoms with Gasteiger partial charge in [-0.25, -0.2) is 0 Å². The van der Waals surface area contributed by atoms with Gasteiger partial charge in [-0.2, -0.15) is 0 Å². The van der Waals surface area contributed by atoms with Gasteiger partial charge in [0.15, 0.2) is 0 Å². The van der Waals surface area contributed by atoms with Crippen LogP contribution in [-0.2, 0) is 9.59 Å². The van der Waals surface area contributed by atoms with Gasteiger partial charge >= 0.3 is 5.97 Å². The highest BCUT2D eigenvalue weighted by molar-refractivity contribution is 5.78. The van der Waals surface area contributed by atoms with E-state index in [9.17, 15) is 9.59 Å². The maximum atomic E-state index is 11.7. The normalized spacial score (nSPS) is 42.4. The van der Waals surface area contributed by atoms with Gasteiger partial charge in [-0.05, 0) is 30.6 Å². The van der Waals surface area contributed by atoms with Gasteiger partial charge in [0.25, 0.3) is 0 Å². The number of aliphatic carboxylic acids is 1. The summed E-state index contributed by atoms with van der Waals surface area (Å²) in [5.41, 5.74) is 0. The molecule has 0 spiro atoms. The van der Waals surface area contributed by atoms with E-state index in [1.165, 1.54) is 6.42 Å². The molecule has 2 heterocycles. The van der Waals surface area contributed by atoms with Crippen LogP contribution < -0.4 is 0 Å². The number of hydrogen-bond acceptors (Lipinski definition) is 2. The van der Waals surface area contributed by atoms with Crippen LogP contribution in [0.25, 0.3) is 0 Å². The Balaban J connectivity index is 1.79. The summed E-state index contributed by atoms with van der Waals surface area (Å²) in [5, 5.41) is 8.85. The van der Waals surface area contributed by atoms with Crippen molar-refractivity contribution >= 4 is 11.9 Å². The van der Waals surface area contributed by atoms with Gasteiger partial charge in [-0.15, -0.1) is 0 Å². The topological polar surface area (TPSA) is 57.6 Å². The van der Waals surface area contributed by atoms with Crippen LogP contribution in [0, 0.1) is 17.8 Å². The molecule has 2 saturated heterocycles. The van der Waals surface area contributed by atoms with Crippen molar-refractivity contribution in [2.24, 2.45) is 17.8 Å². The Morgan fingerprint density at radius 3 is 3.07 bits per heavy atom. The minimum atomic E-state index is -0.724. The molecule has 82 valence electrons. The van der Waals surface area contributed by atoms with Crippen molar-refractivity contribution in [3.05, 3.63) is 0 Å². The van der Waals surface area contributed by atoms with Crippen LogP contribution in [0.2, 0.25) is 0 Å². The molecule has 3 fully saturated rings. The van der Waals surface area contributed by atoms with Crippen molar-refractivity contribution in [1.82, 2.24) is 4.90 Å². The fraction of sp³-hybridized carbons (Fsp3) is 0.818. The number of fused-ring (bicyclic) bond motifs is 3. The molecular weight excluding hydrogens is 194 g/mol. The molecule has 15 heavy (non-hydrogen) atoms. The number of amides is 1. The van der Waals surface area contributed by atoms with Gasteiger partial charge in [0.1, 0.15) is 0 Å². The number of nitrogens with zero attached hydrogens (tertiary/aromatic N) is 1. The molecule has 3 rings (SSSR count). The molecule has 1 aliphatic carbocycles. The van der Waals surface area contributed by atoms with Crippen molar-refractivity contribution in [2.45, 2.75) is 31.7 Å². The van der Waals surface area contributed by atoms with Crippen LogP contribution >= 0.6 is 0 Å². The molecule has 0 bridgehead atoms. The Hall–Kier alpha value is -1.06. The van der Waals surface area contributed by atoms with E-state index in [1.54, 1.807) is 0 Å². The molecule has 1 amide bonds. The first kappa shape index (κ1) is 9.19. The zero-order valence-corrected chi connectivity index (χ0v) is 8.56. The average molecular weight is 209 g/mol. The zero-order chi connectivity index (χ0) is 10.6. The van der Waals surface area contributed by atoms with Crippen LogP contribution in [-0.4, -0.2) is 34.5 Å². The van der Waals surface area contributed by atoms with Crippen LogP contribution in [0.3, 0.4) is 0 Å². The SMILES string of the molecule is O=C(O)CC1CCC(=O)N2CC3CC3C12. The fourth-order valence-electron chi connectivity index (χ4n) is 3.45. The van der Waals surface area contributed by atoms with Crippen molar-refractivity contribution in [3.63, 3.8) is 0 Å². The van der Waals surface area contributed by atoms with Gasteiger partial charge in [-0.1, -0.05) is 0 Å². The van der Waals surface area contributed by atoms with Gasteiger partial charge in [0, 0.05) is 19.0 Å². The van der Waals surface area contributed by atoms with E-state index in [1.807, 2.05) is 4.90 Å². The first-order chi connectivity index (χ1) is 7.16. The van der Waals surface area contributed by atoms with Crippen LogP contribution in [0.1, 0.15) is 25.7 Å². The summed E-state index contributed by atoms with van der Waals surface area (Å²) in [6, 6.07) is 0.257. The first-order valence-corrected chi connectivity index (χ1v) is 5.68. The van der Waals surface area contributed by atoms with E-state index in [0.29, 0.717) is 18.3 Å². The van der Waals surface area contributed by atoms with E-state index in [-0.39, 0.29) is 24.3 Å². The largest absolute Gasteiger partial charge is 0.481 e. The second-order valence-corrected chi connectivity index (χ2v) is 5.09. The summed E-state index contributed by atoms with van der Waals surface area (Å²) in [4.78, 5) is 24.4. The van der Waals surface area contributed by atoms with E-state index >= 15 is 0 Å². The van der Waals surface area contributed by atoms with Gasteiger partial charge in [-0.3, -0.25) is 9.59 Å². The third-order valence-corrected chi connectivity index (χ3v) is 4.18. The lowest BCUT2D eigenvalue weighted by Gasteiger charge is -2.37. The molecule has 0 aromatic carbocycles. The lowest BCUT2D eigenvalue weighted by Crippen LogP contribution is -2.47. The minimum Gasteiger partial charge on any atom is -0.481 e. The average Bonchev–Trinajstić information content (AvgIpc) is 2.82. The molecule has 4 atom stereocenters. The zero-order valence-electron chi connectivity index (χ0n) is 8.56. The fourth-order valence-corrected chi connectivity index (χ4v) is 3.45. The molecule has 4 unspecified atom stereocenters. The number of carbonyl (C=O) groups excluding carboxylic acids is 1. The number of rotatable bonds is 2. The van der Waals surface area contributed by atoms with E-state index in [4.69, 9.17) is 5.11 Å². The van der Waals surface area contributed by atoms with Crippen molar-refractivity contribution in [2.75, 3.05) is 6.54 Å². The number of carboxylic acids is 1. The minimum absolute atomic E-state index is 0.206. The maximum Gasteiger partial charge on any atom is 0.303 e. The monoisotopic (exact) mass is 209 g/mol. The summed E-state index contributed by atoms with van der Waals surface area (Å²) in [7, 11) is 0. The predicted molar refractivity (Wildman–Crippen MR) is 52.1 cm³/mol. The third kappa shape index (κ3) is 1.34. The Morgan fingerprint density at radius 1 is 1.53 bits per heavy atom. The molecule has 0 aromatic rings. The highest BCUT2D eigenvalue weighted by Gasteiger charge is 2.57. The lowest BCUT2D eigenvalue weighted by molar-refractivity contribution is -0.144. The van der Waals surface area contributed by atoms with Crippen LogP contribution in [0.15, 0.2) is 0 Å². The smallest absolute Gasteiger partial charge is 0.303 e. The van der Waals surface area contributed by atoms with Crippen molar-refractivity contribution in [3.8, 4) is 0 Å². The van der Waals surface area contributed by atoms with Crippen LogP contribution in [0.5, 0.6) is 0 Å². The van der Waals surface area contributed by atoms with E-state index in [0.717, 1.165) is 13.0 Å². The van der Waals surface area contributed by atoms with Crippen LogP contribution in [0.4, 0.5) is 0 Å². The highest BCUT2D eigenvalue weighted by atomic mass is 16.4. The third-order valence-electron chi connectivity index (χ3n) is 4.18. The Labute approximate surface area is 88.2 Å². The standard InChI is InChI=1S/C11H15NO3/c13-9-2-1-6(4-10(14)15)11-8-3-7(8)5-12(9)11/h6-8,11H,1-5H2,(H,14,15). The number of carboxylic acid groups (broad SMARTS) is 1. The van der Waals surface area contributed by atoms with E-state index in [2.05, 4.69) is 0 Å². The second-order valence-electron chi connectivity index (χ2n) is 5.09. The number of piperidine rings is 2. The molecule has 1 saturated carbocycles. The summed E-state index contributed by atoms with van der Waals surface area (Å²) >= 11 is 0. The molecule has 0 aromatic heterocycles. The summed E-state index contributed by atoms with van der Waals surface area (Å²) in [6.07, 6.45) is 2.77. The molecule has 3 aliphatic rings. The molecule has 0 radical (unpaired) electrons. The van der Waals surface area contributed by atoms with Gasteiger partial charge in [0.2, 0.25) is 5.91 Å². The number of hydrogen-bond donors (Lipinski definition) is 1. The molecule has 2 aliphatic heterocycles. The van der Waals surface area contributed by atoms with E-state index < -0.39 is 5.97 Å². The van der Waals surface area contributed by atoms with Gasteiger partial charge in [0.05, 0.1) is 6.42 Å². The lowest BCUT2D eigenvalue weighted by atomic mass is 9.85. The van der Waals surface area contributed by atoms with Gasteiger partial charge < -0.3 is 10.0 Å². The maximum absolute atomic E-state index is 11.7. The van der Waals surface area contributed by atoms with Crippen molar-refractivity contribution < 1.29 is 14.7 Å². The molecular formula is C11H15NO3. The molecule has 4 nitrogen and oxygen atoms in total. The Kier molecular flexibility index (Phi) is 1.82. The second kappa shape index (κ2) is 2.97. The number of carbonyl (C=O) groups is 2. The summed E-state index contributed by atoms with van der Waals surface area (Å²) < 4.78 is 0.